The fourth-order valence-electron chi connectivity index (χ4n) is 11.7. The first-order valence-electron chi connectivity index (χ1n) is 35.7. The lowest BCUT2D eigenvalue weighted by atomic mass is 9.96. The van der Waals surface area contributed by atoms with Gasteiger partial charge in [0.15, 0.2) is 18.9 Å². The number of unbranched alkanes of at least 4 members (excludes halogenated alkanes) is 28. The third-order valence-electron chi connectivity index (χ3n) is 17.5. The Morgan fingerprint density at radius 3 is 1.19 bits per heavy atom. The van der Waals surface area contributed by atoms with E-state index in [1.807, 2.05) is 6.08 Å². The number of rotatable bonds is 54. The molecule has 0 aromatic carbocycles. The minimum atomic E-state index is -1.98. The first-order chi connectivity index (χ1) is 44.3. The van der Waals surface area contributed by atoms with E-state index >= 15 is 0 Å². The fraction of sp³-hybridized carbons (Fsp3) is 0.819. The Hall–Kier alpha value is -2.77. The Morgan fingerprint density at radius 2 is 0.758 bits per heavy atom. The summed E-state index contributed by atoms with van der Waals surface area (Å²) in [5.74, 6) is -0.287. The molecule has 3 saturated heterocycles. The maximum Gasteiger partial charge on any atom is 0.220 e. The average Bonchev–Trinajstić information content (AvgIpc) is 0.883. The standard InChI is InChI=1S/C72H127NO18/c1-3-5-7-9-11-13-15-17-19-21-23-25-27-29-31-33-35-37-39-41-43-45-47-49-56(77)55(73-60(78)50-48-46-44-42-40-38-36-34-32-30-28-26-24-22-20-18-16-14-12-10-8-6-4-2)54-86-70-66(84)63(81)68(58(52-75)88-70)91-72-67(85)64(82)69(59(53-76)89-72)90-71-65(83)62(80)61(79)57(51-74)87-71/h6,8,12,14,18,20,24,26,30,32,47,49,55-59,61-72,74-77,79-85H,3-5,7,9-11,13,15-17,19,21-23,25,27-29,31,33-46,48,50-54H2,1-2H3,(H,73,78)/b8-6-,14-12-,20-18-,26-24-,32-30-,49-47+. The molecule has 17 atom stereocenters. The van der Waals surface area contributed by atoms with Crippen LogP contribution in [0.25, 0.3) is 0 Å². The van der Waals surface area contributed by atoms with Gasteiger partial charge in [-0.25, -0.2) is 0 Å². The summed E-state index contributed by atoms with van der Waals surface area (Å²) in [6, 6.07) is -0.984. The predicted molar refractivity (Wildman–Crippen MR) is 355 cm³/mol. The van der Waals surface area contributed by atoms with Gasteiger partial charge >= 0.3 is 0 Å². The summed E-state index contributed by atoms with van der Waals surface area (Å²) in [5.41, 5.74) is 0. The smallest absolute Gasteiger partial charge is 0.220 e. The van der Waals surface area contributed by atoms with Crippen molar-refractivity contribution in [3.05, 3.63) is 72.9 Å². The number of hydrogen-bond donors (Lipinski definition) is 12. The van der Waals surface area contributed by atoms with Crippen molar-refractivity contribution < 1.29 is 89.4 Å². The zero-order valence-corrected chi connectivity index (χ0v) is 55.8. The molecule has 528 valence electrons. The molecule has 0 bridgehead atoms. The Morgan fingerprint density at radius 1 is 0.407 bits per heavy atom. The molecule has 0 aromatic heterocycles. The van der Waals surface area contributed by atoms with Gasteiger partial charge in [-0.3, -0.25) is 4.79 Å². The maximum absolute atomic E-state index is 13.4. The minimum Gasteiger partial charge on any atom is -0.394 e. The number of carbonyl (C=O) groups excluding carboxylic acids is 1. The van der Waals surface area contributed by atoms with Crippen LogP contribution in [0.2, 0.25) is 0 Å². The van der Waals surface area contributed by atoms with Crippen molar-refractivity contribution in [3.63, 3.8) is 0 Å². The molecule has 91 heavy (non-hydrogen) atoms. The Bertz CT molecular complexity index is 1930. The average molecular weight is 1290 g/mol. The van der Waals surface area contributed by atoms with Crippen LogP contribution in [0.3, 0.4) is 0 Å². The molecule has 19 heteroatoms. The van der Waals surface area contributed by atoms with Crippen LogP contribution in [0.1, 0.15) is 245 Å². The van der Waals surface area contributed by atoms with Crippen molar-refractivity contribution in [1.29, 1.82) is 0 Å². The van der Waals surface area contributed by atoms with Gasteiger partial charge in [-0.2, -0.15) is 0 Å². The van der Waals surface area contributed by atoms with Crippen molar-refractivity contribution in [1.82, 2.24) is 5.32 Å². The lowest BCUT2D eigenvalue weighted by molar-refractivity contribution is -0.379. The van der Waals surface area contributed by atoms with Crippen molar-refractivity contribution >= 4 is 5.91 Å². The number of carbonyl (C=O) groups is 1. The van der Waals surface area contributed by atoms with Crippen molar-refractivity contribution in [2.24, 2.45) is 0 Å². The predicted octanol–water partition coefficient (Wildman–Crippen LogP) is 9.72. The Balaban J connectivity index is 1.44. The molecule has 3 aliphatic rings. The third kappa shape index (κ3) is 35.2. The molecule has 3 fully saturated rings. The molecule has 0 saturated carbocycles. The van der Waals surface area contributed by atoms with E-state index in [4.69, 9.17) is 28.4 Å². The van der Waals surface area contributed by atoms with E-state index in [0.717, 1.165) is 103 Å². The van der Waals surface area contributed by atoms with Crippen LogP contribution in [0.5, 0.6) is 0 Å². The summed E-state index contributed by atoms with van der Waals surface area (Å²) in [6.45, 7) is 1.62. The summed E-state index contributed by atoms with van der Waals surface area (Å²) in [6.07, 6.45) is 40.1. The van der Waals surface area contributed by atoms with Crippen LogP contribution in [0.15, 0.2) is 72.9 Å². The summed E-state index contributed by atoms with van der Waals surface area (Å²) < 4.78 is 34.4. The van der Waals surface area contributed by atoms with Crippen LogP contribution in [0, 0.1) is 0 Å². The molecule has 0 aliphatic carbocycles. The van der Waals surface area contributed by atoms with Crippen LogP contribution in [-0.2, 0) is 33.2 Å². The van der Waals surface area contributed by atoms with Crippen molar-refractivity contribution in [2.45, 2.75) is 349 Å². The van der Waals surface area contributed by atoms with Crippen LogP contribution >= 0.6 is 0 Å². The largest absolute Gasteiger partial charge is 0.394 e. The first-order valence-corrected chi connectivity index (χ1v) is 35.7. The molecular formula is C72H127NO18. The van der Waals surface area contributed by atoms with Crippen LogP contribution < -0.4 is 5.32 Å². The Labute approximate surface area is 547 Å². The molecule has 1 amide bonds. The summed E-state index contributed by atoms with van der Waals surface area (Å²) in [5, 5.41) is 121. The van der Waals surface area contributed by atoms with Gasteiger partial charge in [0.2, 0.25) is 5.91 Å². The summed E-state index contributed by atoms with van der Waals surface area (Å²) >= 11 is 0. The second-order valence-corrected chi connectivity index (χ2v) is 25.3. The van der Waals surface area contributed by atoms with Gasteiger partial charge in [0.1, 0.15) is 73.2 Å². The molecule has 0 radical (unpaired) electrons. The van der Waals surface area contributed by atoms with E-state index in [0.29, 0.717) is 6.42 Å². The zero-order chi connectivity index (χ0) is 66.1. The summed E-state index contributed by atoms with van der Waals surface area (Å²) in [7, 11) is 0. The van der Waals surface area contributed by atoms with E-state index in [1.54, 1.807) is 6.08 Å². The number of nitrogens with one attached hydrogen (secondary N) is 1. The van der Waals surface area contributed by atoms with E-state index in [2.05, 4.69) is 79.9 Å². The molecule has 12 N–H and O–H groups in total. The van der Waals surface area contributed by atoms with Gasteiger partial charge in [0, 0.05) is 6.42 Å². The van der Waals surface area contributed by atoms with Gasteiger partial charge in [-0.05, 0) is 64.2 Å². The molecule has 3 aliphatic heterocycles. The van der Waals surface area contributed by atoms with Gasteiger partial charge in [-0.15, -0.1) is 0 Å². The monoisotopic (exact) mass is 1290 g/mol. The second-order valence-electron chi connectivity index (χ2n) is 25.3. The molecule has 19 nitrogen and oxygen atoms in total. The normalized spacial score (nSPS) is 28.3. The highest BCUT2D eigenvalue weighted by molar-refractivity contribution is 5.76. The zero-order valence-electron chi connectivity index (χ0n) is 55.8. The third-order valence-corrected chi connectivity index (χ3v) is 17.5. The molecule has 0 aromatic rings. The number of allylic oxidation sites excluding steroid dienone is 11. The minimum absolute atomic E-state index is 0.227. The second kappa shape index (κ2) is 53.4. The quantitative estimate of drug-likeness (QED) is 0.0199. The van der Waals surface area contributed by atoms with Gasteiger partial charge in [-0.1, -0.05) is 247 Å². The van der Waals surface area contributed by atoms with E-state index in [-0.39, 0.29) is 18.9 Å². The first kappa shape index (κ1) is 82.5. The molecule has 0 spiro atoms. The Kier molecular flexibility index (Phi) is 48.4. The number of hydrogen-bond acceptors (Lipinski definition) is 18. The van der Waals surface area contributed by atoms with Crippen LogP contribution in [-0.4, -0.2) is 193 Å². The van der Waals surface area contributed by atoms with E-state index < -0.39 is 124 Å². The number of ether oxygens (including phenoxy) is 6. The topological polar surface area (TPSA) is 307 Å². The lowest BCUT2D eigenvalue weighted by Crippen LogP contribution is -2.66. The highest BCUT2D eigenvalue weighted by Crippen LogP contribution is 2.33. The highest BCUT2D eigenvalue weighted by atomic mass is 16.8. The van der Waals surface area contributed by atoms with Crippen molar-refractivity contribution in [2.75, 3.05) is 26.4 Å². The van der Waals surface area contributed by atoms with Crippen molar-refractivity contribution in [3.8, 4) is 0 Å². The summed E-state index contributed by atoms with van der Waals surface area (Å²) in [4.78, 5) is 13.4. The van der Waals surface area contributed by atoms with Gasteiger partial charge in [0.25, 0.3) is 0 Å². The van der Waals surface area contributed by atoms with Gasteiger partial charge in [0.05, 0.1) is 38.6 Å². The molecule has 3 heterocycles. The van der Waals surface area contributed by atoms with E-state index in [1.165, 1.54) is 116 Å². The highest BCUT2D eigenvalue weighted by Gasteiger charge is 2.53. The number of aliphatic hydroxyl groups is 11. The SMILES string of the molecule is CC/C=C\C/C=C\C/C=C\C/C=C\C/C=C\CCCCCCCCCC(=O)NC(COC1OC(CO)C(OC2OC(CO)C(OC3OC(CO)C(O)C(O)C3O)C(O)C2O)C(O)C1O)C(O)/C=C/CCCCCCCCCCCCCCCCCCCCCCC. The molecular weight excluding hydrogens is 1170 g/mol. The molecule has 17 unspecified atom stereocenters. The number of aliphatic hydroxyl groups excluding tert-OH is 11. The lowest BCUT2D eigenvalue weighted by Gasteiger charge is -2.48. The molecule has 3 rings (SSSR count). The fourth-order valence-corrected chi connectivity index (χ4v) is 11.7. The number of amides is 1. The van der Waals surface area contributed by atoms with E-state index in [9.17, 15) is 61.0 Å². The van der Waals surface area contributed by atoms with Gasteiger partial charge < -0.3 is 89.9 Å². The van der Waals surface area contributed by atoms with Crippen LogP contribution in [0.4, 0.5) is 0 Å². The maximum atomic E-state index is 13.4.